The van der Waals surface area contributed by atoms with Crippen LogP contribution < -0.4 is 5.32 Å². The van der Waals surface area contributed by atoms with Crippen molar-refractivity contribution >= 4 is 27.5 Å². The molecule has 1 aromatic rings. The molecule has 0 spiro atoms. The van der Waals surface area contributed by atoms with Crippen LogP contribution in [0.2, 0.25) is 0 Å². The number of amides is 1. The summed E-state index contributed by atoms with van der Waals surface area (Å²) >= 11 is 3.35. The third kappa shape index (κ3) is 4.95. The topological polar surface area (TPSA) is 32.3 Å². The molecule has 0 aliphatic heterocycles. The molecule has 0 saturated heterocycles. The van der Waals surface area contributed by atoms with Crippen molar-refractivity contribution in [3.8, 4) is 0 Å². The molecule has 82 valence electrons. The molecule has 0 aromatic heterocycles. The minimum Gasteiger partial charge on any atom is -0.326 e. The van der Waals surface area contributed by atoms with Crippen LogP contribution in [0.4, 0.5) is 5.69 Å². The molecule has 0 atom stereocenters. The van der Waals surface area contributed by atoms with Crippen LogP contribution in [0.5, 0.6) is 0 Å². The van der Waals surface area contributed by atoms with Gasteiger partial charge in [0.15, 0.2) is 0 Å². The lowest BCUT2D eigenvalue weighted by molar-refractivity contribution is -0.116. The van der Waals surface area contributed by atoms with Crippen molar-refractivity contribution in [3.63, 3.8) is 0 Å². The lowest BCUT2D eigenvalue weighted by atomic mass is 10.3. The van der Waals surface area contributed by atoms with Crippen LogP contribution >= 0.6 is 15.9 Å². The summed E-state index contributed by atoms with van der Waals surface area (Å²) in [6.07, 6.45) is 0.513. The molecular weight excluding hydrogens is 256 g/mol. The van der Waals surface area contributed by atoms with Gasteiger partial charge in [0.05, 0.1) is 0 Å². The second-order valence-electron chi connectivity index (χ2n) is 3.61. The molecule has 1 rings (SSSR count). The van der Waals surface area contributed by atoms with Crippen molar-refractivity contribution < 1.29 is 4.79 Å². The van der Waals surface area contributed by atoms with Crippen molar-refractivity contribution in [2.45, 2.75) is 6.42 Å². The largest absolute Gasteiger partial charge is 0.326 e. The highest BCUT2D eigenvalue weighted by Gasteiger charge is 2.02. The lowest BCUT2D eigenvalue weighted by Crippen LogP contribution is -2.20. The van der Waals surface area contributed by atoms with Gasteiger partial charge in [-0.05, 0) is 32.3 Å². The highest BCUT2D eigenvalue weighted by atomic mass is 79.9. The number of rotatable bonds is 4. The number of nitrogens with zero attached hydrogens (tertiary/aromatic N) is 1. The Morgan fingerprint density at radius 3 is 2.80 bits per heavy atom. The Morgan fingerprint density at radius 2 is 2.20 bits per heavy atom. The van der Waals surface area contributed by atoms with E-state index in [2.05, 4.69) is 21.2 Å². The first kappa shape index (κ1) is 12.2. The van der Waals surface area contributed by atoms with Gasteiger partial charge in [-0.1, -0.05) is 22.0 Å². The van der Waals surface area contributed by atoms with Gasteiger partial charge in [-0.2, -0.15) is 0 Å². The van der Waals surface area contributed by atoms with E-state index in [4.69, 9.17) is 0 Å². The normalized spacial score (nSPS) is 10.4. The van der Waals surface area contributed by atoms with Gasteiger partial charge < -0.3 is 10.2 Å². The van der Waals surface area contributed by atoms with Crippen LogP contribution in [-0.2, 0) is 4.79 Å². The zero-order valence-corrected chi connectivity index (χ0v) is 10.5. The molecule has 1 amide bonds. The Bertz CT molecular complexity index is 339. The highest BCUT2D eigenvalue weighted by Crippen LogP contribution is 2.15. The van der Waals surface area contributed by atoms with E-state index in [-0.39, 0.29) is 5.91 Å². The maximum Gasteiger partial charge on any atom is 0.225 e. The summed E-state index contributed by atoms with van der Waals surface area (Å²) in [5.74, 6) is 0.0433. The van der Waals surface area contributed by atoms with Crippen LogP contribution in [0.15, 0.2) is 28.7 Å². The van der Waals surface area contributed by atoms with E-state index >= 15 is 0 Å². The molecule has 3 nitrogen and oxygen atoms in total. The van der Waals surface area contributed by atoms with Gasteiger partial charge in [-0.25, -0.2) is 0 Å². The Hall–Kier alpha value is -0.870. The molecule has 0 bridgehead atoms. The number of hydrogen-bond acceptors (Lipinski definition) is 2. The van der Waals surface area contributed by atoms with E-state index in [1.165, 1.54) is 0 Å². The predicted octanol–water partition coefficient (Wildman–Crippen LogP) is 2.34. The standard InChI is InChI=1S/C11H15BrN2O/c1-14(2)7-6-11(15)13-10-5-3-4-9(12)8-10/h3-5,8H,6-7H2,1-2H3,(H,13,15). The number of benzene rings is 1. The molecule has 0 radical (unpaired) electrons. The Kier molecular flexibility index (Phi) is 4.78. The first-order valence-electron chi connectivity index (χ1n) is 4.78. The number of carbonyl (C=O) groups is 1. The lowest BCUT2D eigenvalue weighted by Gasteiger charge is -2.09. The van der Waals surface area contributed by atoms with Gasteiger partial charge in [0.2, 0.25) is 5.91 Å². The highest BCUT2D eigenvalue weighted by molar-refractivity contribution is 9.10. The number of hydrogen-bond donors (Lipinski definition) is 1. The van der Waals surface area contributed by atoms with E-state index in [1.807, 2.05) is 43.3 Å². The maximum atomic E-state index is 11.5. The number of anilines is 1. The van der Waals surface area contributed by atoms with Crippen molar-refractivity contribution in [1.29, 1.82) is 0 Å². The van der Waals surface area contributed by atoms with Gasteiger partial charge in [-0.3, -0.25) is 4.79 Å². The Balaban J connectivity index is 2.44. The molecule has 0 heterocycles. The van der Waals surface area contributed by atoms with E-state index in [1.54, 1.807) is 0 Å². The Morgan fingerprint density at radius 1 is 1.47 bits per heavy atom. The first-order valence-corrected chi connectivity index (χ1v) is 5.57. The molecule has 1 aromatic carbocycles. The number of halogens is 1. The molecule has 4 heteroatoms. The molecular formula is C11H15BrN2O. The average Bonchev–Trinajstić information content (AvgIpc) is 2.15. The van der Waals surface area contributed by atoms with Crippen molar-refractivity contribution in [3.05, 3.63) is 28.7 Å². The second kappa shape index (κ2) is 5.88. The van der Waals surface area contributed by atoms with Crippen LogP contribution in [0.1, 0.15) is 6.42 Å². The average molecular weight is 271 g/mol. The predicted molar refractivity (Wildman–Crippen MR) is 65.9 cm³/mol. The summed E-state index contributed by atoms with van der Waals surface area (Å²) in [6.45, 7) is 0.764. The van der Waals surface area contributed by atoms with Gasteiger partial charge in [0.25, 0.3) is 0 Å². The van der Waals surface area contributed by atoms with E-state index in [0.717, 1.165) is 16.7 Å². The molecule has 0 aliphatic carbocycles. The van der Waals surface area contributed by atoms with Gasteiger partial charge >= 0.3 is 0 Å². The van der Waals surface area contributed by atoms with Gasteiger partial charge in [0.1, 0.15) is 0 Å². The van der Waals surface area contributed by atoms with Gasteiger partial charge in [-0.15, -0.1) is 0 Å². The summed E-state index contributed by atoms with van der Waals surface area (Å²) in [4.78, 5) is 13.5. The molecule has 1 N–H and O–H groups in total. The van der Waals surface area contributed by atoms with E-state index < -0.39 is 0 Å². The van der Waals surface area contributed by atoms with Crippen LogP contribution in [0.3, 0.4) is 0 Å². The summed E-state index contributed by atoms with van der Waals surface area (Å²) in [5, 5.41) is 2.84. The third-order valence-corrected chi connectivity index (χ3v) is 2.39. The van der Waals surface area contributed by atoms with E-state index in [0.29, 0.717) is 6.42 Å². The molecule has 15 heavy (non-hydrogen) atoms. The fourth-order valence-electron chi connectivity index (χ4n) is 1.11. The fraction of sp³-hybridized carbons (Fsp3) is 0.364. The summed E-state index contributed by atoms with van der Waals surface area (Å²) in [6, 6.07) is 7.58. The molecule has 0 aliphatic rings. The maximum absolute atomic E-state index is 11.5. The van der Waals surface area contributed by atoms with Crippen LogP contribution in [0.25, 0.3) is 0 Å². The number of carbonyl (C=O) groups excluding carboxylic acids is 1. The smallest absolute Gasteiger partial charge is 0.225 e. The summed E-state index contributed by atoms with van der Waals surface area (Å²) in [5.41, 5.74) is 0.827. The fourth-order valence-corrected chi connectivity index (χ4v) is 1.51. The van der Waals surface area contributed by atoms with Crippen molar-refractivity contribution in [2.24, 2.45) is 0 Å². The second-order valence-corrected chi connectivity index (χ2v) is 4.53. The van der Waals surface area contributed by atoms with Gasteiger partial charge in [0, 0.05) is 23.1 Å². The third-order valence-electron chi connectivity index (χ3n) is 1.89. The molecule has 0 saturated carbocycles. The minimum absolute atomic E-state index is 0.0433. The molecule has 0 unspecified atom stereocenters. The minimum atomic E-state index is 0.0433. The zero-order valence-electron chi connectivity index (χ0n) is 8.96. The van der Waals surface area contributed by atoms with Crippen molar-refractivity contribution in [1.82, 2.24) is 4.90 Å². The van der Waals surface area contributed by atoms with Crippen molar-refractivity contribution in [2.75, 3.05) is 26.0 Å². The summed E-state index contributed by atoms with van der Waals surface area (Å²) < 4.78 is 0.966. The SMILES string of the molecule is CN(C)CCC(=O)Nc1cccc(Br)c1. The zero-order chi connectivity index (χ0) is 11.3. The van der Waals surface area contributed by atoms with E-state index in [9.17, 15) is 4.79 Å². The molecule has 0 fully saturated rings. The monoisotopic (exact) mass is 270 g/mol. The quantitative estimate of drug-likeness (QED) is 0.911. The Labute approximate surface area is 98.6 Å². The summed E-state index contributed by atoms with van der Waals surface area (Å²) in [7, 11) is 3.90. The first-order chi connectivity index (χ1) is 7.08. The van der Waals surface area contributed by atoms with Crippen LogP contribution in [0, 0.1) is 0 Å². The number of nitrogens with one attached hydrogen (secondary N) is 1. The van der Waals surface area contributed by atoms with Crippen LogP contribution in [-0.4, -0.2) is 31.4 Å².